The Labute approximate surface area is 180 Å². The number of ether oxygens (including phenoxy) is 1. The van der Waals surface area contributed by atoms with Crippen molar-refractivity contribution in [2.75, 3.05) is 5.32 Å². The molecule has 1 atom stereocenters. The summed E-state index contributed by atoms with van der Waals surface area (Å²) in [6.45, 7) is 4.68. The van der Waals surface area contributed by atoms with E-state index in [1.54, 1.807) is 0 Å². The molecule has 0 saturated heterocycles. The highest BCUT2D eigenvalue weighted by Crippen LogP contribution is 2.47. The third kappa shape index (κ3) is 3.58. The fraction of sp³-hybridized carbons (Fsp3) is 0.280. The molecule has 2 heterocycles. The van der Waals surface area contributed by atoms with Gasteiger partial charge in [-0.25, -0.2) is 0 Å². The molecule has 158 valence electrons. The molecule has 0 fully saturated rings. The number of aromatic nitrogens is 2. The predicted molar refractivity (Wildman–Crippen MR) is 119 cm³/mol. The molecule has 0 amide bonds. The Morgan fingerprint density at radius 2 is 1.71 bits per heavy atom. The molecule has 31 heavy (non-hydrogen) atoms. The molecule has 1 aromatic heterocycles. The molecule has 0 spiro atoms. The summed E-state index contributed by atoms with van der Waals surface area (Å²) in [5, 5.41) is 8.90. The van der Waals surface area contributed by atoms with Gasteiger partial charge in [0.15, 0.2) is 5.78 Å². The van der Waals surface area contributed by atoms with E-state index < -0.39 is 5.92 Å². The van der Waals surface area contributed by atoms with Crippen LogP contribution in [0.2, 0.25) is 0 Å². The normalized spacial score (nSPS) is 19.4. The van der Waals surface area contributed by atoms with Crippen LogP contribution in [-0.4, -0.2) is 16.0 Å². The predicted octanol–water partition coefficient (Wildman–Crippen LogP) is 4.48. The molecule has 0 unspecified atom stereocenters. The first kappa shape index (κ1) is 19.4. The zero-order chi connectivity index (χ0) is 21.6. The lowest BCUT2D eigenvalue weighted by molar-refractivity contribution is -0.118. The van der Waals surface area contributed by atoms with Crippen LogP contribution in [-0.2, 0) is 11.4 Å². The van der Waals surface area contributed by atoms with Crippen molar-refractivity contribution in [3.63, 3.8) is 0 Å². The summed E-state index contributed by atoms with van der Waals surface area (Å²) in [5.41, 5.74) is 3.84. The molecule has 6 nitrogen and oxygen atoms in total. The minimum absolute atomic E-state index is 0.0967. The number of hydrogen-bond acceptors (Lipinski definition) is 4. The van der Waals surface area contributed by atoms with Gasteiger partial charge in [-0.2, -0.15) is 0 Å². The number of carbonyl (C=O) groups is 1. The van der Waals surface area contributed by atoms with Crippen molar-refractivity contribution >= 4 is 11.6 Å². The van der Waals surface area contributed by atoms with Crippen LogP contribution in [0, 0.1) is 5.41 Å². The number of anilines is 1. The molecular formula is C25H25N3O3. The SMILES string of the molecule is CC1(C)CC(=O)C2=C(C1)Nc1[nH][nH]c(=O)c1[C@@H]2c1ccc(OCc2ccccc2)cc1. The van der Waals surface area contributed by atoms with E-state index in [2.05, 4.69) is 29.4 Å². The Morgan fingerprint density at radius 3 is 2.45 bits per heavy atom. The van der Waals surface area contributed by atoms with Crippen LogP contribution >= 0.6 is 0 Å². The number of Topliss-reactive ketones (excluding diaryl/α,β-unsaturated/α-hetero) is 1. The second kappa shape index (κ2) is 7.30. The van der Waals surface area contributed by atoms with Gasteiger partial charge >= 0.3 is 0 Å². The van der Waals surface area contributed by atoms with Gasteiger partial charge in [0.25, 0.3) is 5.56 Å². The maximum absolute atomic E-state index is 13.2. The first-order valence-corrected chi connectivity index (χ1v) is 10.5. The molecule has 5 rings (SSSR count). The van der Waals surface area contributed by atoms with Crippen LogP contribution in [0.3, 0.4) is 0 Å². The Morgan fingerprint density at radius 1 is 0.968 bits per heavy atom. The van der Waals surface area contributed by atoms with Crippen LogP contribution in [0.25, 0.3) is 0 Å². The third-order valence-electron chi connectivity index (χ3n) is 6.05. The van der Waals surface area contributed by atoms with E-state index in [4.69, 9.17) is 4.74 Å². The lowest BCUT2D eigenvalue weighted by Crippen LogP contribution is -2.34. The van der Waals surface area contributed by atoms with Gasteiger partial charge in [0.2, 0.25) is 0 Å². The first-order valence-electron chi connectivity index (χ1n) is 10.5. The summed E-state index contributed by atoms with van der Waals surface area (Å²) in [6.07, 6.45) is 1.23. The summed E-state index contributed by atoms with van der Waals surface area (Å²) < 4.78 is 5.90. The second-order valence-electron chi connectivity index (χ2n) is 9.10. The Hall–Kier alpha value is -3.54. The minimum Gasteiger partial charge on any atom is -0.489 e. The van der Waals surface area contributed by atoms with Gasteiger partial charge in [-0.05, 0) is 35.1 Å². The van der Waals surface area contributed by atoms with Gasteiger partial charge in [-0.15, -0.1) is 0 Å². The molecule has 3 aromatic rings. The molecule has 2 aliphatic rings. The van der Waals surface area contributed by atoms with Crippen molar-refractivity contribution in [1.82, 2.24) is 10.2 Å². The standard InChI is InChI=1S/C25H25N3O3/c1-25(2)12-18-21(19(29)13-25)20(22-23(26-18)27-28-24(22)30)16-8-10-17(11-9-16)31-14-15-6-4-3-5-7-15/h3-11,20H,12-14H2,1-2H3,(H3,26,27,28,30)/t20-/m1/s1. The number of benzene rings is 2. The molecule has 3 N–H and O–H groups in total. The smallest absolute Gasteiger partial charge is 0.270 e. The highest BCUT2D eigenvalue weighted by atomic mass is 16.5. The van der Waals surface area contributed by atoms with Gasteiger partial charge in [-0.1, -0.05) is 56.3 Å². The summed E-state index contributed by atoms with van der Waals surface area (Å²) >= 11 is 0. The maximum Gasteiger partial charge on any atom is 0.270 e. The maximum atomic E-state index is 13.2. The van der Waals surface area contributed by atoms with Crippen molar-refractivity contribution < 1.29 is 9.53 Å². The van der Waals surface area contributed by atoms with Crippen molar-refractivity contribution in [3.8, 4) is 5.75 Å². The number of ketones is 1. The minimum atomic E-state index is -0.395. The zero-order valence-corrected chi connectivity index (χ0v) is 17.6. The molecule has 1 aliphatic heterocycles. The van der Waals surface area contributed by atoms with Crippen molar-refractivity contribution in [3.05, 3.63) is 92.9 Å². The van der Waals surface area contributed by atoms with Gasteiger partial charge < -0.3 is 10.1 Å². The van der Waals surface area contributed by atoms with E-state index in [-0.39, 0.29) is 16.8 Å². The van der Waals surface area contributed by atoms with Gasteiger partial charge in [0, 0.05) is 23.6 Å². The monoisotopic (exact) mass is 415 g/mol. The van der Waals surface area contributed by atoms with E-state index in [1.165, 1.54) is 0 Å². The first-order chi connectivity index (χ1) is 14.9. The molecule has 6 heteroatoms. The summed E-state index contributed by atoms with van der Waals surface area (Å²) in [6, 6.07) is 17.7. The third-order valence-corrected chi connectivity index (χ3v) is 6.05. The molecular weight excluding hydrogens is 390 g/mol. The number of nitrogens with one attached hydrogen (secondary N) is 3. The van der Waals surface area contributed by atoms with Crippen molar-refractivity contribution in [2.24, 2.45) is 5.41 Å². The topological polar surface area (TPSA) is 87.0 Å². The number of H-pyrrole nitrogens is 2. The highest BCUT2D eigenvalue weighted by molar-refractivity contribution is 6.01. The van der Waals surface area contributed by atoms with E-state index in [1.807, 2.05) is 54.6 Å². The van der Waals surface area contributed by atoms with Gasteiger partial charge in [0.1, 0.15) is 18.2 Å². The van der Waals surface area contributed by atoms with Crippen LogP contribution in [0.4, 0.5) is 5.82 Å². The van der Waals surface area contributed by atoms with Gasteiger partial charge in [-0.3, -0.25) is 19.8 Å². The van der Waals surface area contributed by atoms with Gasteiger partial charge in [0.05, 0.1) is 5.56 Å². The Kier molecular flexibility index (Phi) is 4.58. The quantitative estimate of drug-likeness (QED) is 0.586. The summed E-state index contributed by atoms with van der Waals surface area (Å²) in [5.74, 6) is 1.09. The number of hydrogen-bond donors (Lipinski definition) is 3. The number of fused-ring (bicyclic) bond motifs is 1. The largest absolute Gasteiger partial charge is 0.489 e. The molecule has 0 saturated carbocycles. The number of rotatable bonds is 4. The molecule has 0 bridgehead atoms. The lowest BCUT2D eigenvalue weighted by Gasteiger charge is -2.37. The number of allylic oxidation sites excluding steroid dienone is 2. The molecule has 2 aromatic carbocycles. The van der Waals surface area contributed by atoms with E-state index in [0.717, 1.165) is 29.0 Å². The van der Waals surface area contributed by atoms with Crippen LogP contribution in [0.1, 0.15) is 49.3 Å². The van der Waals surface area contributed by atoms with E-state index in [0.29, 0.717) is 30.0 Å². The Balaban J connectivity index is 1.49. The molecule has 0 radical (unpaired) electrons. The summed E-state index contributed by atoms with van der Waals surface area (Å²) in [4.78, 5) is 25.7. The number of aromatic amines is 2. The average Bonchev–Trinajstić information content (AvgIpc) is 3.11. The Bertz CT molecular complexity index is 1220. The average molecular weight is 415 g/mol. The fourth-order valence-electron chi connectivity index (χ4n) is 4.65. The lowest BCUT2D eigenvalue weighted by atomic mass is 9.69. The zero-order valence-electron chi connectivity index (χ0n) is 17.6. The van der Waals surface area contributed by atoms with Crippen LogP contribution in [0.5, 0.6) is 5.75 Å². The molecule has 1 aliphatic carbocycles. The van der Waals surface area contributed by atoms with Crippen LogP contribution in [0.15, 0.2) is 70.7 Å². The van der Waals surface area contributed by atoms with Crippen LogP contribution < -0.4 is 15.6 Å². The van der Waals surface area contributed by atoms with Crippen molar-refractivity contribution in [2.45, 2.75) is 39.2 Å². The van der Waals surface area contributed by atoms with E-state index >= 15 is 0 Å². The summed E-state index contributed by atoms with van der Waals surface area (Å²) in [7, 11) is 0. The number of carbonyl (C=O) groups excluding carboxylic acids is 1. The highest BCUT2D eigenvalue weighted by Gasteiger charge is 2.42. The van der Waals surface area contributed by atoms with Crippen molar-refractivity contribution in [1.29, 1.82) is 0 Å². The van der Waals surface area contributed by atoms with E-state index in [9.17, 15) is 9.59 Å². The fourth-order valence-corrected chi connectivity index (χ4v) is 4.65. The second-order valence-corrected chi connectivity index (χ2v) is 9.10.